The van der Waals surface area contributed by atoms with Crippen molar-refractivity contribution < 1.29 is 4.39 Å². The summed E-state index contributed by atoms with van der Waals surface area (Å²) in [5.41, 5.74) is 2.04. The van der Waals surface area contributed by atoms with Gasteiger partial charge in [-0.3, -0.25) is 0 Å². The van der Waals surface area contributed by atoms with E-state index < -0.39 is 0 Å². The fraction of sp³-hybridized carbons (Fsp3) is 0.286. The zero-order valence-corrected chi connectivity index (χ0v) is 8.91. The van der Waals surface area contributed by atoms with E-state index in [4.69, 9.17) is 0 Å². The van der Waals surface area contributed by atoms with Gasteiger partial charge in [-0.1, -0.05) is 43.3 Å². The van der Waals surface area contributed by atoms with Crippen LogP contribution in [-0.4, -0.2) is 0 Å². The molecule has 1 heteroatoms. The molecule has 1 unspecified atom stereocenters. The SMILES string of the molecule is CCC1=CCC(c2ccccc2)C=C1F. The lowest BCUT2D eigenvalue weighted by molar-refractivity contribution is 0.614. The molecule has 0 saturated heterocycles. The van der Waals surface area contributed by atoms with Gasteiger partial charge in [0.2, 0.25) is 0 Å². The molecule has 0 spiro atoms. The second kappa shape index (κ2) is 4.43. The maximum absolute atomic E-state index is 13.6. The first-order chi connectivity index (χ1) is 7.31. The second-order valence-electron chi connectivity index (χ2n) is 3.85. The standard InChI is InChI=1S/C14H15F/c1-2-11-8-9-13(10-14(11)15)12-6-4-3-5-7-12/h3-8,10,13H,2,9H2,1H3. The Labute approximate surface area is 90.1 Å². The van der Waals surface area contributed by atoms with E-state index in [1.165, 1.54) is 5.56 Å². The van der Waals surface area contributed by atoms with Crippen LogP contribution in [0, 0.1) is 0 Å². The second-order valence-corrected chi connectivity index (χ2v) is 3.85. The average Bonchev–Trinajstić information content (AvgIpc) is 2.30. The van der Waals surface area contributed by atoms with Crippen molar-refractivity contribution in [2.75, 3.05) is 0 Å². The van der Waals surface area contributed by atoms with Crippen LogP contribution in [0.2, 0.25) is 0 Å². The summed E-state index contributed by atoms with van der Waals surface area (Å²) in [5, 5.41) is 0. The fourth-order valence-electron chi connectivity index (χ4n) is 1.96. The van der Waals surface area contributed by atoms with Crippen LogP contribution >= 0.6 is 0 Å². The van der Waals surface area contributed by atoms with Crippen LogP contribution in [0.25, 0.3) is 0 Å². The average molecular weight is 202 g/mol. The van der Waals surface area contributed by atoms with Gasteiger partial charge >= 0.3 is 0 Å². The molecule has 1 atom stereocenters. The lowest BCUT2D eigenvalue weighted by Crippen LogP contribution is -2.01. The Morgan fingerprint density at radius 3 is 2.60 bits per heavy atom. The van der Waals surface area contributed by atoms with Gasteiger partial charge in [0.05, 0.1) is 0 Å². The van der Waals surface area contributed by atoms with Crippen molar-refractivity contribution in [1.29, 1.82) is 0 Å². The smallest absolute Gasteiger partial charge is 0.122 e. The molecule has 0 aliphatic heterocycles. The van der Waals surface area contributed by atoms with Crippen molar-refractivity contribution >= 4 is 0 Å². The van der Waals surface area contributed by atoms with Crippen molar-refractivity contribution in [3.63, 3.8) is 0 Å². The maximum Gasteiger partial charge on any atom is 0.122 e. The summed E-state index contributed by atoms with van der Waals surface area (Å²) in [4.78, 5) is 0. The van der Waals surface area contributed by atoms with E-state index in [1.54, 1.807) is 6.08 Å². The van der Waals surface area contributed by atoms with Crippen molar-refractivity contribution in [2.45, 2.75) is 25.7 Å². The highest BCUT2D eigenvalue weighted by Gasteiger charge is 2.15. The lowest BCUT2D eigenvalue weighted by atomic mass is 9.89. The molecular weight excluding hydrogens is 187 g/mol. The highest BCUT2D eigenvalue weighted by atomic mass is 19.1. The van der Waals surface area contributed by atoms with Crippen LogP contribution in [-0.2, 0) is 0 Å². The van der Waals surface area contributed by atoms with Crippen LogP contribution in [0.1, 0.15) is 31.2 Å². The monoisotopic (exact) mass is 202 g/mol. The van der Waals surface area contributed by atoms with Crippen LogP contribution in [0.3, 0.4) is 0 Å². The molecule has 15 heavy (non-hydrogen) atoms. The summed E-state index contributed by atoms with van der Waals surface area (Å²) in [7, 11) is 0. The molecule has 0 nitrogen and oxygen atoms in total. The summed E-state index contributed by atoms with van der Waals surface area (Å²) >= 11 is 0. The molecule has 2 rings (SSSR count). The van der Waals surface area contributed by atoms with Crippen molar-refractivity contribution in [1.82, 2.24) is 0 Å². The maximum atomic E-state index is 13.6. The topological polar surface area (TPSA) is 0 Å². The van der Waals surface area contributed by atoms with Gasteiger partial charge in [-0.2, -0.15) is 0 Å². The Morgan fingerprint density at radius 1 is 1.27 bits per heavy atom. The van der Waals surface area contributed by atoms with Gasteiger partial charge in [-0.05, 0) is 30.1 Å². The highest BCUT2D eigenvalue weighted by Crippen LogP contribution is 2.32. The summed E-state index contributed by atoms with van der Waals surface area (Å²) < 4.78 is 13.6. The lowest BCUT2D eigenvalue weighted by Gasteiger charge is -2.17. The minimum Gasteiger partial charge on any atom is -0.207 e. The minimum absolute atomic E-state index is 0.0439. The Balaban J connectivity index is 2.21. The molecule has 0 fully saturated rings. The summed E-state index contributed by atoms with van der Waals surface area (Å²) in [6.45, 7) is 1.99. The quantitative estimate of drug-likeness (QED) is 0.668. The van der Waals surface area contributed by atoms with Gasteiger partial charge in [0.1, 0.15) is 5.83 Å². The van der Waals surface area contributed by atoms with E-state index in [0.717, 1.165) is 18.4 Å². The molecule has 0 N–H and O–H groups in total. The molecule has 0 saturated carbocycles. The van der Waals surface area contributed by atoms with Crippen LogP contribution < -0.4 is 0 Å². The molecule has 1 aromatic carbocycles. The third-order valence-corrected chi connectivity index (χ3v) is 2.88. The number of hydrogen-bond donors (Lipinski definition) is 0. The number of halogens is 1. The predicted octanol–water partition coefficient (Wildman–Crippen LogP) is 4.36. The van der Waals surface area contributed by atoms with Crippen LogP contribution in [0.4, 0.5) is 4.39 Å². The largest absolute Gasteiger partial charge is 0.207 e. The molecule has 1 aromatic rings. The van der Waals surface area contributed by atoms with E-state index in [0.29, 0.717) is 0 Å². The van der Waals surface area contributed by atoms with Gasteiger partial charge in [-0.15, -0.1) is 0 Å². The van der Waals surface area contributed by atoms with E-state index in [1.807, 2.05) is 31.2 Å². The predicted molar refractivity (Wildman–Crippen MR) is 61.4 cm³/mol. The normalized spacial score (nSPS) is 20.8. The molecular formula is C14H15F. The molecule has 0 heterocycles. The Kier molecular flexibility index (Phi) is 3.00. The minimum atomic E-state index is -0.0439. The number of benzene rings is 1. The third-order valence-electron chi connectivity index (χ3n) is 2.88. The number of hydrogen-bond acceptors (Lipinski definition) is 0. The first-order valence-electron chi connectivity index (χ1n) is 5.43. The molecule has 0 aromatic heterocycles. The van der Waals surface area contributed by atoms with E-state index in [2.05, 4.69) is 12.1 Å². The summed E-state index contributed by atoms with van der Waals surface area (Å²) in [6, 6.07) is 10.1. The molecule has 0 radical (unpaired) electrons. The van der Waals surface area contributed by atoms with E-state index in [9.17, 15) is 4.39 Å². The van der Waals surface area contributed by atoms with E-state index >= 15 is 0 Å². The highest BCUT2D eigenvalue weighted by molar-refractivity contribution is 5.36. The van der Waals surface area contributed by atoms with Crippen molar-refractivity contribution in [2.24, 2.45) is 0 Å². The number of allylic oxidation sites excluding steroid dienone is 4. The molecule has 0 amide bonds. The van der Waals surface area contributed by atoms with Crippen LogP contribution in [0.15, 0.2) is 53.9 Å². The molecule has 78 valence electrons. The molecule has 0 bridgehead atoms. The third kappa shape index (κ3) is 2.17. The Hall–Kier alpha value is -1.37. The zero-order valence-electron chi connectivity index (χ0n) is 8.91. The van der Waals surface area contributed by atoms with Gasteiger partial charge in [0.25, 0.3) is 0 Å². The zero-order chi connectivity index (χ0) is 10.7. The van der Waals surface area contributed by atoms with Crippen molar-refractivity contribution in [3.05, 3.63) is 59.4 Å². The number of rotatable bonds is 2. The fourth-order valence-corrected chi connectivity index (χ4v) is 1.96. The van der Waals surface area contributed by atoms with Gasteiger partial charge in [0.15, 0.2) is 0 Å². The molecule has 1 aliphatic rings. The van der Waals surface area contributed by atoms with Crippen molar-refractivity contribution in [3.8, 4) is 0 Å². The molecule has 1 aliphatic carbocycles. The Bertz CT molecular complexity index is 387. The first kappa shape index (κ1) is 10.2. The van der Waals surface area contributed by atoms with Gasteiger partial charge < -0.3 is 0 Å². The van der Waals surface area contributed by atoms with Gasteiger partial charge in [0, 0.05) is 5.92 Å². The summed E-state index contributed by atoms with van der Waals surface area (Å²) in [6.07, 6.45) is 5.46. The summed E-state index contributed by atoms with van der Waals surface area (Å²) in [5.74, 6) is 0.166. The van der Waals surface area contributed by atoms with Gasteiger partial charge in [-0.25, -0.2) is 4.39 Å². The van der Waals surface area contributed by atoms with E-state index in [-0.39, 0.29) is 11.7 Å². The first-order valence-corrected chi connectivity index (χ1v) is 5.43. The Morgan fingerprint density at radius 2 is 2.00 bits per heavy atom. The van der Waals surface area contributed by atoms with Crippen LogP contribution in [0.5, 0.6) is 0 Å².